The zero-order valence-electron chi connectivity index (χ0n) is 9.26. The Bertz CT molecular complexity index is 617. The van der Waals surface area contributed by atoms with E-state index in [1.807, 2.05) is 0 Å². The molecule has 0 saturated heterocycles. The fourth-order valence-electron chi connectivity index (χ4n) is 1.65. The third kappa shape index (κ3) is 1.95. The normalized spacial score (nSPS) is 10.6. The monoisotopic (exact) mass is 236 g/mol. The van der Waals surface area contributed by atoms with E-state index >= 15 is 0 Å². The summed E-state index contributed by atoms with van der Waals surface area (Å²) in [5.41, 5.74) is 0.434. The van der Waals surface area contributed by atoms with Gasteiger partial charge in [-0.2, -0.15) is 0 Å². The van der Waals surface area contributed by atoms with Crippen LogP contribution in [0, 0.1) is 12.1 Å². The second-order valence-electron chi connectivity index (χ2n) is 3.54. The van der Waals surface area contributed by atoms with Crippen molar-refractivity contribution < 1.29 is 14.4 Å². The van der Waals surface area contributed by atoms with Gasteiger partial charge in [-0.3, -0.25) is 5.21 Å². The lowest BCUT2D eigenvalue weighted by Gasteiger charge is -2.24. The van der Waals surface area contributed by atoms with Gasteiger partial charge in [-0.05, 0) is 18.6 Å². The lowest BCUT2D eigenvalue weighted by Crippen LogP contribution is -2.09. The Hall–Kier alpha value is -2.05. The summed E-state index contributed by atoms with van der Waals surface area (Å²) < 4.78 is 9.91. The van der Waals surface area contributed by atoms with Crippen LogP contribution in [0.2, 0.25) is 0 Å². The molecule has 90 valence electrons. The van der Waals surface area contributed by atoms with Gasteiger partial charge in [0.25, 0.3) is 0 Å². The largest absolute Gasteiger partial charge is 0.733 e. The number of anilines is 1. The molecule has 1 N–H and O–H groups in total. The summed E-state index contributed by atoms with van der Waals surface area (Å²) >= 11 is 0. The van der Waals surface area contributed by atoms with Crippen LogP contribution in [0.25, 0.3) is 11.0 Å². The summed E-state index contributed by atoms with van der Waals surface area (Å²) in [5.74, 6) is 0.128. The Balaban J connectivity index is 2.83. The molecule has 0 aliphatic carbocycles. The minimum absolute atomic E-state index is 0.0445. The molecule has 1 aromatic heterocycles. The van der Waals surface area contributed by atoms with E-state index in [1.54, 1.807) is 6.92 Å². The number of methoxy groups -OCH3 is 1. The van der Waals surface area contributed by atoms with E-state index in [0.717, 1.165) is 0 Å². The van der Waals surface area contributed by atoms with Gasteiger partial charge in [-0.15, -0.1) is 0 Å². The number of aryl methyl sites for hydroxylation is 1. The van der Waals surface area contributed by atoms with E-state index < -0.39 is 5.63 Å². The Morgan fingerprint density at radius 1 is 1.41 bits per heavy atom. The summed E-state index contributed by atoms with van der Waals surface area (Å²) in [6.45, 7) is 1.71. The van der Waals surface area contributed by atoms with Crippen LogP contribution in [0.4, 0.5) is 5.69 Å². The summed E-state index contributed by atoms with van der Waals surface area (Å²) in [6.07, 6.45) is 0. The van der Waals surface area contributed by atoms with Gasteiger partial charge in [0, 0.05) is 17.5 Å². The first-order valence-electron chi connectivity index (χ1n) is 4.81. The van der Waals surface area contributed by atoms with Gasteiger partial charge in [0.15, 0.2) is 0 Å². The van der Waals surface area contributed by atoms with Crippen LogP contribution in [-0.4, -0.2) is 12.3 Å². The van der Waals surface area contributed by atoms with E-state index in [1.165, 1.54) is 25.3 Å². The summed E-state index contributed by atoms with van der Waals surface area (Å²) in [5, 5.41) is 20.2. The molecule has 1 aromatic carbocycles. The van der Waals surface area contributed by atoms with Gasteiger partial charge in [-0.1, -0.05) is 0 Å². The van der Waals surface area contributed by atoms with Crippen molar-refractivity contribution in [2.45, 2.75) is 6.92 Å². The predicted molar refractivity (Wildman–Crippen MR) is 61.4 cm³/mol. The van der Waals surface area contributed by atoms with Gasteiger partial charge in [-0.25, -0.2) is 4.79 Å². The van der Waals surface area contributed by atoms with E-state index in [2.05, 4.69) is 0 Å². The fraction of sp³-hybridized carbons (Fsp3) is 0.182. The first-order chi connectivity index (χ1) is 8.02. The smallest absolute Gasteiger partial charge is 0.336 e. The van der Waals surface area contributed by atoms with Crippen molar-refractivity contribution in [3.63, 3.8) is 0 Å². The molecule has 6 nitrogen and oxygen atoms in total. The Labute approximate surface area is 96.2 Å². The molecule has 0 radical (unpaired) electrons. The molecule has 0 aliphatic heterocycles. The van der Waals surface area contributed by atoms with Crippen molar-refractivity contribution in [3.05, 3.63) is 39.4 Å². The first-order valence-corrected chi connectivity index (χ1v) is 4.81. The number of hydrogen-bond donors (Lipinski definition) is 1. The highest BCUT2D eigenvalue weighted by atomic mass is 16.8. The second-order valence-corrected chi connectivity index (χ2v) is 3.54. The molecule has 0 bridgehead atoms. The Kier molecular flexibility index (Phi) is 2.74. The minimum atomic E-state index is -0.479. The van der Waals surface area contributed by atoms with Crippen LogP contribution in [0.5, 0.6) is 5.75 Å². The Morgan fingerprint density at radius 2 is 2.12 bits per heavy atom. The maximum atomic E-state index is 11.2. The average molecular weight is 236 g/mol. The molecule has 17 heavy (non-hydrogen) atoms. The maximum Gasteiger partial charge on any atom is 0.336 e. The van der Waals surface area contributed by atoms with Crippen LogP contribution in [-0.2, 0) is 0 Å². The molecule has 0 unspecified atom stereocenters. The van der Waals surface area contributed by atoms with Gasteiger partial charge < -0.3 is 19.6 Å². The SMILES string of the molecule is COc1cc2oc(=O)cc(C)c2cc1N([O-])O. The summed E-state index contributed by atoms with van der Waals surface area (Å²) in [6, 6.07) is 4.10. The molecule has 0 aliphatic rings. The highest BCUT2D eigenvalue weighted by Crippen LogP contribution is 2.32. The second kappa shape index (κ2) is 4.08. The van der Waals surface area contributed by atoms with E-state index in [4.69, 9.17) is 14.4 Å². The molecule has 2 rings (SSSR count). The maximum absolute atomic E-state index is 11.2. The molecule has 0 amide bonds. The van der Waals surface area contributed by atoms with Crippen molar-refractivity contribution >= 4 is 16.7 Å². The van der Waals surface area contributed by atoms with E-state index in [9.17, 15) is 10.0 Å². The molecule has 0 fully saturated rings. The number of fused-ring (bicyclic) bond motifs is 1. The molecule has 6 heteroatoms. The zero-order valence-corrected chi connectivity index (χ0v) is 9.26. The summed E-state index contributed by atoms with van der Waals surface area (Å²) in [4.78, 5) is 11.2. The lowest BCUT2D eigenvalue weighted by atomic mass is 10.1. The van der Waals surface area contributed by atoms with E-state index in [0.29, 0.717) is 16.5 Å². The topological polar surface area (TPSA) is 86.0 Å². The average Bonchev–Trinajstić information content (AvgIpc) is 2.26. The highest BCUT2D eigenvalue weighted by Gasteiger charge is 2.10. The van der Waals surface area contributed by atoms with Gasteiger partial charge >= 0.3 is 5.63 Å². The molecule has 0 saturated carbocycles. The first kappa shape index (κ1) is 11.4. The van der Waals surface area contributed by atoms with Crippen LogP contribution < -0.4 is 15.6 Å². The molecule has 0 atom stereocenters. The van der Waals surface area contributed by atoms with Crippen LogP contribution >= 0.6 is 0 Å². The molecule has 0 spiro atoms. The quantitative estimate of drug-likeness (QED) is 0.632. The lowest BCUT2D eigenvalue weighted by molar-refractivity contribution is 0.290. The molecule has 1 heterocycles. The molecular weight excluding hydrogens is 226 g/mol. The number of ether oxygens (including phenoxy) is 1. The third-order valence-corrected chi connectivity index (χ3v) is 2.46. The number of benzene rings is 1. The number of nitrogens with zero attached hydrogens (tertiary/aromatic N) is 1. The summed E-state index contributed by atoms with van der Waals surface area (Å²) in [7, 11) is 1.35. The van der Waals surface area contributed by atoms with Crippen molar-refractivity contribution in [1.29, 1.82) is 0 Å². The van der Waals surface area contributed by atoms with Gasteiger partial charge in [0.2, 0.25) is 0 Å². The minimum Gasteiger partial charge on any atom is -0.733 e. The van der Waals surface area contributed by atoms with Crippen molar-refractivity contribution in [2.24, 2.45) is 0 Å². The molecular formula is C11H10NO5-. The van der Waals surface area contributed by atoms with Crippen LogP contribution in [0.15, 0.2) is 27.4 Å². The van der Waals surface area contributed by atoms with Gasteiger partial charge in [0.1, 0.15) is 11.3 Å². The fourth-order valence-corrected chi connectivity index (χ4v) is 1.65. The van der Waals surface area contributed by atoms with Gasteiger partial charge in [0.05, 0.1) is 12.8 Å². The Morgan fingerprint density at radius 3 is 2.71 bits per heavy atom. The zero-order chi connectivity index (χ0) is 12.6. The number of rotatable bonds is 2. The highest BCUT2D eigenvalue weighted by molar-refractivity contribution is 5.86. The van der Waals surface area contributed by atoms with Crippen LogP contribution in [0.3, 0.4) is 0 Å². The van der Waals surface area contributed by atoms with Crippen molar-refractivity contribution in [3.8, 4) is 5.75 Å². The third-order valence-electron chi connectivity index (χ3n) is 2.46. The molecule has 2 aromatic rings. The van der Waals surface area contributed by atoms with Crippen LogP contribution in [0.1, 0.15) is 5.56 Å². The van der Waals surface area contributed by atoms with Crippen molar-refractivity contribution in [1.82, 2.24) is 0 Å². The predicted octanol–water partition coefficient (Wildman–Crippen LogP) is 1.80. The number of hydrogen-bond acceptors (Lipinski definition) is 6. The van der Waals surface area contributed by atoms with Crippen molar-refractivity contribution in [2.75, 3.05) is 12.3 Å². The van der Waals surface area contributed by atoms with E-state index in [-0.39, 0.29) is 16.7 Å². The standard InChI is InChI=1S/C11H10NO5/c1-6-3-11(13)17-9-5-10(16-2)8(12(14)15)4-7(6)9/h3-5,14H,1-2H3/q-1.